The minimum atomic E-state index is -0.158. The summed E-state index contributed by atoms with van der Waals surface area (Å²) in [6.45, 7) is 8.31. The smallest absolute Gasteiger partial charge is 0.251 e. The molecule has 1 saturated carbocycles. The highest BCUT2D eigenvalue weighted by molar-refractivity contribution is 14.0. The fraction of sp³-hybridized carbons (Fsp3) is 0.636. The van der Waals surface area contributed by atoms with Gasteiger partial charge in [0.15, 0.2) is 5.96 Å². The van der Waals surface area contributed by atoms with Gasteiger partial charge in [0.25, 0.3) is 5.91 Å². The van der Waals surface area contributed by atoms with Gasteiger partial charge in [-0.15, -0.1) is 24.0 Å². The molecule has 0 atom stereocenters. The second-order valence-electron chi connectivity index (χ2n) is 7.58. The van der Waals surface area contributed by atoms with Crippen molar-refractivity contribution in [3.63, 3.8) is 0 Å². The molecule has 30 heavy (non-hydrogen) atoms. The van der Waals surface area contributed by atoms with Gasteiger partial charge in [-0.3, -0.25) is 9.79 Å². The molecule has 7 nitrogen and oxygen atoms in total. The van der Waals surface area contributed by atoms with E-state index >= 15 is 0 Å². The summed E-state index contributed by atoms with van der Waals surface area (Å²) in [7, 11) is 0. The van der Waals surface area contributed by atoms with E-state index in [2.05, 4.69) is 16.0 Å². The van der Waals surface area contributed by atoms with Gasteiger partial charge in [-0.2, -0.15) is 0 Å². The number of phenols is 1. The lowest BCUT2D eigenvalue weighted by atomic mass is 9.83. The summed E-state index contributed by atoms with van der Waals surface area (Å²) >= 11 is 0. The quantitative estimate of drug-likeness (QED) is 0.152. The highest BCUT2D eigenvalue weighted by Gasteiger charge is 2.33. The molecule has 0 radical (unpaired) electrons. The molecule has 4 N–H and O–H groups in total. The van der Waals surface area contributed by atoms with Crippen LogP contribution in [0, 0.1) is 5.41 Å². The number of nitrogens with zero attached hydrogens (tertiary/aromatic N) is 1. The lowest BCUT2D eigenvalue weighted by Crippen LogP contribution is -2.42. The summed E-state index contributed by atoms with van der Waals surface area (Å²) in [5.74, 6) is 0.777. The van der Waals surface area contributed by atoms with E-state index in [0.717, 1.165) is 38.7 Å². The van der Waals surface area contributed by atoms with Crippen molar-refractivity contribution in [3.8, 4) is 5.75 Å². The molecule has 0 heterocycles. The molecule has 1 aliphatic rings. The Morgan fingerprint density at radius 3 is 2.40 bits per heavy atom. The van der Waals surface area contributed by atoms with Gasteiger partial charge >= 0.3 is 0 Å². The van der Waals surface area contributed by atoms with Gasteiger partial charge in [0.2, 0.25) is 0 Å². The third-order valence-electron chi connectivity index (χ3n) is 5.39. The summed E-state index contributed by atoms with van der Waals surface area (Å²) < 4.78 is 5.59. The van der Waals surface area contributed by atoms with E-state index in [-0.39, 0.29) is 41.0 Å². The number of ether oxygens (including phenoxy) is 1. The van der Waals surface area contributed by atoms with Gasteiger partial charge in [-0.05, 0) is 62.8 Å². The van der Waals surface area contributed by atoms with Crippen LogP contribution in [0.5, 0.6) is 5.75 Å². The minimum Gasteiger partial charge on any atom is -0.508 e. The Morgan fingerprint density at radius 2 is 1.77 bits per heavy atom. The first-order chi connectivity index (χ1) is 14.1. The SMILES string of the molecule is CCNC(=NCC1(CCOCC)CCCC1)NCCNC(=O)c1ccc(O)cc1.I. The highest BCUT2D eigenvalue weighted by atomic mass is 127. The third kappa shape index (κ3) is 9.07. The first kappa shape index (κ1) is 26.5. The fourth-order valence-corrected chi connectivity index (χ4v) is 3.71. The maximum atomic E-state index is 12.1. The van der Waals surface area contributed by atoms with Crippen LogP contribution in [0.3, 0.4) is 0 Å². The first-order valence-electron chi connectivity index (χ1n) is 10.8. The number of hydrogen-bond donors (Lipinski definition) is 4. The van der Waals surface area contributed by atoms with Crippen molar-refractivity contribution in [1.82, 2.24) is 16.0 Å². The number of guanidine groups is 1. The minimum absolute atomic E-state index is 0. The first-order valence-corrected chi connectivity index (χ1v) is 10.8. The Bertz CT molecular complexity index is 646. The molecular formula is C22H37IN4O3. The Hall–Kier alpha value is -1.55. The molecule has 0 spiro atoms. The second kappa shape index (κ2) is 14.5. The molecule has 0 saturated heterocycles. The van der Waals surface area contributed by atoms with Gasteiger partial charge in [-0.25, -0.2) is 0 Å². The number of aromatic hydroxyl groups is 1. The summed E-state index contributed by atoms with van der Waals surface area (Å²) in [4.78, 5) is 16.9. The van der Waals surface area contributed by atoms with Crippen LogP contribution < -0.4 is 16.0 Å². The molecule has 0 unspecified atom stereocenters. The fourth-order valence-electron chi connectivity index (χ4n) is 3.71. The number of benzene rings is 1. The number of halogens is 1. The van der Waals surface area contributed by atoms with Crippen LogP contribution in [-0.4, -0.2) is 56.4 Å². The van der Waals surface area contributed by atoms with E-state index in [1.54, 1.807) is 12.1 Å². The van der Waals surface area contributed by atoms with Crippen molar-refractivity contribution < 1.29 is 14.6 Å². The molecule has 1 amide bonds. The monoisotopic (exact) mass is 532 g/mol. The van der Waals surface area contributed by atoms with E-state index < -0.39 is 0 Å². The van der Waals surface area contributed by atoms with Gasteiger partial charge in [0, 0.05) is 45.0 Å². The average Bonchev–Trinajstić information content (AvgIpc) is 3.19. The van der Waals surface area contributed by atoms with Crippen LogP contribution in [0.1, 0.15) is 56.3 Å². The summed E-state index contributed by atoms with van der Waals surface area (Å²) in [5, 5.41) is 18.8. The molecule has 0 bridgehead atoms. The van der Waals surface area contributed by atoms with Gasteiger partial charge in [0.1, 0.15) is 5.75 Å². The summed E-state index contributed by atoms with van der Waals surface area (Å²) in [5.41, 5.74) is 0.783. The van der Waals surface area contributed by atoms with Crippen molar-refractivity contribution in [3.05, 3.63) is 29.8 Å². The number of rotatable bonds is 11. The van der Waals surface area contributed by atoms with Crippen LogP contribution in [0.25, 0.3) is 0 Å². The predicted octanol–water partition coefficient (Wildman–Crippen LogP) is 3.28. The maximum absolute atomic E-state index is 12.1. The van der Waals surface area contributed by atoms with Crippen molar-refractivity contribution in [2.24, 2.45) is 10.4 Å². The van der Waals surface area contributed by atoms with E-state index in [9.17, 15) is 9.90 Å². The third-order valence-corrected chi connectivity index (χ3v) is 5.39. The zero-order valence-corrected chi connectivity index (χ0v) is 20.5. The maximum Gasteiger partial charge on any atom is 0.251 e. The lowest BCUT2D eigenvalue weighted by molar-refractivity contribution is 0.0954. The number of nitrogens with one attached hydrogen (secondary N) is 3. The lowest BCUT2D eigenvalue weighted by Gasteiger charge is -2.27. The van der Waals surface area contributed by atoms with Crippen LogP contribution in [-0.2, 0) is 4.74 Å². The number of amides is 1. The Balaban J connectivity index is 0.00000450. The number of carbonyl (C=O) groups excluding carboxylic acids is 1. The van der Waals surface area contributed by atoms with Gasteiger partial charge in [-0.1, -0.05) is 12.8 Å². The molecule has 8 heteroatoms. The summed E-state index contributed by atoms with van der Waals surface area (Å²) in [6, 6.07) is 6.22. The number of aliphatic imine (C=N–C) groups is 1. The molecule has 1 aromatic rings. The van der Waals surface area contributed by atoms with Crippen LogP contribution in [0.4, 0.5) is 0 Å². The van der Waals surface area contributed by atoms with E-state index in [4.69, 9.17) is 9.73 Å². The second-order valence-corrected chi connectivity index (χ2v) is 7.58. The van der Waals surface area contributed by atoms with Crippen LogP contribution in [0.2, 0.25) is 0 Å². The van der Waals surface area contributed by atoms with Crippen molar-refractivity contribution >= 4 is 35.8 Å². The molecular weight excluding hydrogens is 495 g/mol. The molecule has 1 fully saturated rings. The largest absolute Gasteiger partial charge is 0.508 e. The molecule has 0 aromatic heterocycles. The number of phenolic OH excluding ortho intramolecular Hbond substituents is 1. The van der Waals surface area contributed by atoms with E-state index in [0.29, 0.717) is 18.7 Å². The van der Waals surface area contributed by atoms with Crippen molar-refractivity contribution in [2.75, 3.05) is 39.4 Å². The van der Waals surface area contributed by atoms with Gasteiger partial charge < -0.3 is 25.8 Å². The zero-order chi connectivity index (χ0) is 21.0. The zero-order valence-electron chi connectivity index (χ0n) is 18.2. The summed E-state index contributed by atoms with van der Waals surface area (Å²) in [6.07, 6.45) is 6.04. The molecule has 0 aliphatic heterocycles. The van der Waals surface area contributed by atoms with Crippen molar-refractivity contribution in [1.29, 1.82) is 0 Å². The molecule has 170 valence electrons. The van der Waals surface area contributed by atoms with Crippen molar-refractivity contribution in [2.45, 2.75) is 46.0 Å². The molecule has 1 aromatic carbocycles. The predicted molar refractivity (Wildman–Crippen MR) is 132 cm³/mol. The normalized spacial score (nSPS) is 15.3. The highest BCUT2D eigenvalue weighted by Crippen LogP contribution is 2.41. The topological polar surface area (TPSA) is 95.0 Å². The Morgan fingerprint density at radius 1 is 1.10 bits per heavy atom. The van der Waals surface area contributed by atoms with Gasteiger partial charge in [0.05, 0.1) is 0 Å². The van der Waals surface area contributed by atoms with E-state index in [1.807, 2.05) is 13.8 Å². The Kier molecular flexibility index (Phi) is 12.8. The molecule has 1 aliphatic carbocycles. The van der Waals surface area contributed by atoms with E-state index in [1.165, 1.54) is 37.8 Å². The van der Waals surface area contributed by atoms with Crippen LogP contribution in [0.15, 0.2) is 29.3 Å². The standard InChI is InChI=1S/C22H36N4O3.HI/c1-3-23-21(26-17-22(11-5-6-12-22)13-16-29-4-2)25-15-14-24-20(28)18-7-9-19(27)10-8-18;/h7-10,27H,3-6,11-17H2,1-2H3,(H,24,28)(H2,23,25,26);1H. The van der Waals surface area contributed by atoms with Crippen LogP contribution >= 0.6 is 24.0 Å². The molecule has 2 rings (SSSR count). The number of carbonyl (C=O) groups is 1. The average molecular weight is 532 g/mol. The Labute approximate surface area is 197 Å². The number of hydrogen-bond acceptors (Lipinski definition) is 4.